The molecule has 2 heterocycles. The maximum atomic E-state index is 12.4. The molecule has 0 aromatic carbocycles. The van der Waals surface area contributed by atoms with Crippen molar-refractivity contribution in [1.82, 2.24) is 5.32 Å². The molecule has 2 rings (SSSR count). The van der Waals surface area contributed by atoms with Crippen LogP contribution in [0.5, 0.6) is 0 Å². The highest BCUT2D eigenvalue weighted by Gasteiger charge is 2.27. The first-order valence-electron chi connectivity index (χ1n) is 8.00. The van der Waals surface area contributed by atoms with E-state index in [0.717, 1.165) is 32.5 Å². The number of hydrogen-bond donors (Lipinski definition) is 1. The summed E-state index contributed by atoms with van der Waals surface area (Å²) in [5, 5.41) is 3.19. The van der Waals surface area contributed by atoms with Gasteiger partial charge in [-0.25, -0.2) is 0 Å². The highest BCUT2D eigenvalue weighted by Crippen LogP contribution is 2.29. The summed E-state index contributed by atoms with van der Waals surface area (Å²) in [5.41, 5.74) is 1.34. The Balaban J connectivity index is 1.94. The Morgan fingerprint density at radius 1 is 1.43 bits per heavy atom. The molecule has 3 nitrogen and oxygen atoms in total. The third kappa shape index (κ3) is 4.07. The monoisotopic (exact) mass is 309 g/mol. The van der Waals surface area contributed by atoms with Gasteiger partial charge in [-0.3, -0.25) is 4.79 Å². The first-order chi connectivity index (χ1) is 10.0. The quantitative estimate of drug-likeness (QED) is 0.897. The molecule has 1 N–H and O–H groups in total. The normalized spacial score (nSPS) is 19.2. The molecule has 1 saturated heterocycles. The van der Waals surface area contributed by atoms with Crippen molar-refractivity contribution in [3.8, 4) is 0 Å². The van der Waals surface area contributed by atoms with Crippen LogP contribution in [-0.4, -0.2) is 19.1 Å². The van der Waals surface area contributed by atoms with E-state index in [2.05, 4.69) is 39.1 Å². The van der Waals surface area contributed by atoms with Crippen LogP contribution in [0.1, 0.15) is 55.0 Å². The van der Waals surface area contributed by atoms with Crippen LogP contribution in [-0.2, 0) is 16.0 Å². The fraction of sp³-hybridized carbons (Fsp3) is 0.706. The first-order valence-corrected chi connectivity index (χ1v) is 8.81. The number of rotatable bonds is 5. The summed E-state index contributed by atoms with van der Waals surface area (Å²) in [7, 11) is 0. The lowest BCUT2D eigenvalue weighted by Crippen LogP contribution is -2.36. The van der Waals surface area contributed by atoms with E-state index in [1.807, 2.05) is 11.3 Å². The van der Waals surface area contributed by atoms with Crippen LogP contribution in [0.25, 0.3) is 0 Å². The minimum absolute atomic E-state index is 0.0723. The van der Waals surface area contributed by atoms with Gasteiger partial charge < -0.3 is 10.1 Å². The highest BCUT2D eigenvalue weighted by atomic mass is 32.1. The molecule has 118 valence electrons. The fourth-order valence-corrected chi connectivity index (χ4v) is 4.08. The molecular formula is C17H27NO2S. The first kappa shape index (κ1) is 16.5. The zero-order valence-corrected chi connectivity index (χ0v) is 14.4. The fourth-order valence-electron chi connectivity index (χ4n) is 2.96. The predicted molar refractivity (Wildman–Crippen MR) is 87.7 cm³/mol. The molecule has 21 heavy (non-hydrogen) atoms. The van der Waals surface area contributed by atoms with E-state index < -0.39 is 0 Å². The number of aryl methyl sites for hydroxylation is 2. The molecule has 4 heteroatoms. The van der Waals surface area contributed by atoms with Gasteiger partial charge in [0.15, 0.2) is 0 Å². The summed E-state index contributed by atoms with van der Waals surface area (Å²) in [6, 6.07) is 2.32. The van der Waals surface area contributed by atoms with Crippen LogP contribution in [0.15, 0.2) is 6.07 Å². The molecular weight excluding hydrogens is 282 g/mol. The summed E-state index contributed by atoms with van der Waals surface area (Å²) < 4.78 is 5.38. The highest BCUT2D eigenvalue weighted by molar-refractivity contribution is 7.12. The molecule has 1 aliphatic heterocycles. The van der Waals surface area contributed by atoms with Crippen molar-refractivity contribution in [3.05, 3.63) is 21.4 Å². The van der Waals surface area contributed by atoms with Crippen LogP contribution in [0.3, 0.4) is 0 Å². The average Bonchev–Trinajstić information content (AvgIpc) is 2.88. The number of nitrogens with one attached hydrogen (secondary N) is 1. The summed E-state index contributed by atoms with van der Waals surface area (Å²) in [6.45, 7) is 10.1. The van der Waals surface area contributed by atoms with E-state index in [-0.39, 0.29) is 17.9 Å². The van der Waals surface area contributed by atoms with E-state index in [0.29, 0.717) is 5.92 Å². The van der Waals surface area contributed by atoms with Gasteiger partial charge in [0, 0.05) is 28.9 Å². The van der Waals surface area contributed by atoms with Crippen LogP contribution in [0.2, 0.25) is 0 Å². The van der Waals surface area contributed by atoms with Crippen molar-refractivity contribution in [2.75, 3.05) is 13.2 Å². The Labute approximate surface area is 132 Å². The zero-order valence-electron chi connectivity index (χ0n) is 13.6. The molecule has 1 amide bonds. The minimum atomic E-state index is 0.0723. The Morgan fingerprint density at radius 2 is 2.10 bits per heavy atom. The van der Waals surface area contributed by atoms with Crippen LogP contribution in [0.4, 0.5) is 0 Å². The average molecular weight is 309 g/mol. The van der Waals surface area contributed by atoms with Gasteiger partial charge in [-0.15, -0.1) is 11.3 Å². The number of amides is 1. The molecule has 1 aromatic heterocycles. The molecule has 2 atom stereocenters. The number of carbonyl (C=O) groups is 1. The van der Waals surface area contributed by atoms with E-state index in [1.54, 1.807) is 0 Å². The summed E-state index contributed by atoms with van der Waals surface area (Å²) in [4.78, 5) is 15.1. The third-order valence-corrected chi connectivity index (χ3v) is 6.10. The van der Waals surface area contributed by atoms with Gasteiger partial charge in [0.25, 0.3) is 0 Å². The maximum absolute atomic E-state index is 12.4. The van der Waals surface area contributed by atoms with Crippen molar-refractivity contribution >= 4 is 17.2 Å². The number of carbonyl (C=O) groups excluding carboxylic acids is 1. The number of hydrogen-bond acceptors (Lipinski definition) is 3. The van der Waals surface area contributed by atoms with Crippen molar-refractivity contribution in [1.29, 1.82) is 0 Å². The van der Waals surface area contributed by atoms with E-state index in [4.69, 9.17) is 4.74 Å². The van der Waals surface area contributed by atoms with Gasteiger partial charge in [-0.2, -0.15) is 0 Å². The second kappa shape index (κ2) is 7.41. The third-order valence-electron chi connectivity index (χ3n) is 4.53. The van der Waals surface area contributed by atoms with Crippen LogP contribution < -0.4 is 5.32 Å². The van der Waals surface area contributed by atoms with Crippen molar-refractivity contribution in [2.45, 2.75) is 53.0 Å². The van der Waals surface area contributed by atoms with E-state index in [9.17, 15) is 4.79 Å². The maximum Gasteiger partial charge on any atom is 0.223 e. The standard InChI is InChI=1S/C17H27NO2S/c1-5-15-11(2)10-16(21-15)13(4)18-17(19)12(3)14-6-8-20-9-7-14/h10,12-14H,5-9H2,1-4H3,(H,18,19). The molecule has 1 aromatic rings. The molecule has 1 fully saturated rings. The second-order valence-corrected chi connectivity index (χ2v) is 7.25. The topological polar surface area (TPSA) is 38.3 Å². The lowest BCUT2D eigenvalue weighted by molar-refractivity contribution is -0.127. The molecule has 1 aliphatic rings. The van der Waals surface area contributed by atoms with Gasteiger partial charge in [0.1, 0.15) is 0 Å². The zero-order chi connectivity index (χ0) is 15.4. The van der Waals surface area contributed by atoms with Crippen molar-refractivity contribution in [3.63, 3.8) is 0 Å². The van der Waals surface area contributed by atoms with Gasteiger partial charge >= 0.3 is 0 Å². The largest absolute Gasteiger partial charge is 0.381 e. The van der Waals surface area contributed by atoms with Crippen LogP contribution >= 0.6 is 11.3 Å². The summed E-state index contributed by atoms with van der Waals surface area (Å²) in [5.74, 6) is 0.712. The van der Waals surface area contributed by atoms with Gasteiger partial charge in [0.2, 0.25) is 5.91 Å². The molecule has 0 aliphatic carbocycles. The van der Waals surface area contributed by atoms with Crippen LogP contribution in [0, 0.1) is 18.8 Å². The Bertz CT molecular complexity index is 477. The Morgan fingerprint density at radius 3 is 2.67 bits per heavy atom. The predicted octanol–water partition coefficient (Wildman–Crippen LogP) is 3.86. The van der Waals surface area contributed by atoms with Gasteiger partial charge in [-0.05, 0) is 50.7 Å². The Hall–Kier alpha value is -0.870. The van der Waals surface area contributed by atoms with Crippen molar-refractivity contribution < 1.29 is 9.53 Å². The second-order valence-electron chi connectivity index (χ2n) is 6.08. The summed E-state index contributed by atoms with van der Waals surface area (Å²) >= 11 is 1.82. The van der Waals surface area contributed by atoms with E-state index >= 15 is 0 Å². The van der Waals surface area contributed by atoms with Gasteiger partial charge in [-0.1, -0.05) is 13.8 Å². The molecule has 2 unspecified atom stereocenters. The lowest BCUT2D eigenvalue weighted by atomic mass is 9.86. The summed E-state index contributed by atoms with van der Waals surface area (Å²) in [6.07, 6.45) is 3.07. The molecule has 0 bridgehead atoms. The SMILES string of the molecule is CCc1sc(C(C)NC(=O)C(C)C2CCOCC2)cc1C. The lowest BCUT2D eigenvalue weighted by Gasteiger charge is -2.27. The van der Waals surface area contributed by atoms with Gasteiger partial charge in [0.05, 0.1) is 6.04 Å². The Kier molecular flexibility index (Phi) is 5.82. The minimum Gasteiger partial charge on any atom is -0.381 e. The molecule has 0 spiro atoms. The number of ether oxygens (including phenoxy) is 1. The van der Waals surface area contributed by atoms with Crippen molar-refractivity contribution in [2.24, 2.45) is 11.8 Å². The van der Waals surface area contributed by atoms with E-state index in [1.165, 1.54) is 15.3 Å². The number of thiophene rings is 1. The molecule has 0 saturated carbocycles. The molecule has 0 radical (unpaired) electrons. The smallest absolute Gasteiger partial charge is 0.223 e.